The van der Waals surface area contributed by atoms with Crippen molar-refractivity contribution in [2.75, 3.05) is 26.9 Å². The lowest BCUT2D eigenvalue weighted by Crippen LogP contribution is -2.43. The second kappa shape index (κ2) is 14.8. The first-order chi connectivity index (χ1) is 18.9. The van der Waals surface area contributed by atoms with Gasteiger partial charge in [-0.3, -0.25) is 14.5 Å². The average molecular weight is 531 g/mol. The summed E-state index contributed by atoms with van der Waals surface area (Å²) in [7, 11) is 1.60. The Bertz CT molecular complexity index is 1250. The number of unbranched alkanes of at least 4 members (excludes halogenated alkanes) is 4. The maximum Gasteiger partial charge on any atom is 0.271 e. The van der Waals surface area contributed by atoms with Gasteiger partial charge in [0.1, 0.15) is 17.4 Å². The highest BCUT2D eigenvalue weighted by molar-refractivity contribution is 6.19. The van der Waals surface area contributed by atoms with E-state index in [2.05, 4.69) is 6.92 Å². The summed E-state index contributed by atoms with van der Waals surface area (Å²) in [5.41, 5.74) is 2.34. The number of imide groups is 1. The number of benzene rings is 2. The monoisotopic (exact) mass is 530 g/mol. The summed E-state index contributed by atoms with van der Waals surface area (Å²) in [6, 6.07) is 15.0. The largest absolute Gasteiger partial charge is 0.497 e. The molecule has 0 bridgehead atoms. The summed E-state index contributed by atoms with van der Waals surface area (Å²) < 4.78 is 17.0. The Hall–Kier alpha value is -4.05. The average Bonchev–Trinajstić information content (AvgIpc) is 2.94. The SMILES string of the molecule is CCCCCCCOc1ccc(/C=C2/C(=O)N(CCc3ccc(OC)cc3)C(=O)C(C#N)=C2C)cc1OCC. The van der Waals surface area contributed by atoms with Crippen LogP contribution >= 0.6 is 0 Å². The molecule has 7 nitrogen and oxygen atoms in total. The number of ether oxygens (including phenoxy) is 3. The van der Waals surface area contributed by atoms with Crippen molar-refractivity contribution in [3.63, 3.8) is 0 Å². The highest BCUT2D eigenvalue weighted by Gasteiger charge is 2.35. The van der Waals surface area contributed by atoms with Crippen LogP contribution in [-0.2, 0) is 16.0 Å². The van der Waals surface area contributed by atoms with Gasteiger partial charge in [0.25, 0.3) is 11.8 Å². The lowest BCUT2D eigenvalue weighted by atomic mass is 9.93. The molecular formula is C32H38N2O5. The Labute approximate surface area is 231 Å². The highest BCUT2D eigenvalue weighted by Crippen LogP contribution is 2.32. The number of hydrogen-bond acceptors (Lipinski definition) is 6. The number of rotatable bonds is 14. The molecule has 0 aliphatic carbocycles. The third-order valence-corrected chi connectivity index (χ3v) is 6.69. The summed E-state index contributed by atoms with van der Waals surface area (Å²) in [6.07, 6.45) is 7.92. The lowest BCUT2D eigenvalue weighted by Gasteiger charge is -2.27. The number of amides is 2. The molecule has 0 saturated carbocycles. The molecule has 1 aliphatic rings. The second-order valence-electron chi connectivity index (χ2n) is 9.43. The summed E-state index contributed by atoms with van der Waals surface area (Å²) >= 11 is 0. The van der Waals surface area contributed by atoms with E-state index in [0.29, 0.717) is 42.3 Å². The fraction of sp³-hybridized carbons (Fsp3) is 0.406. The van der Waals surface area contributed by atoms with E-state index in [1.807, 2.05) is 55.5 Å². The van der Waals surface area contributed by atoms with E-state index in [4.69, 9.17) is 14.2 Å². The molecule has 0 aromatic heterocycles. The van der Waals surface area contributed by atoms with Crippen molar-refractivity contribution in [1.82, 2.24) is 4.90 Å². The second-order valence-corrected chi connectivity index (χ2v) is 9.43. The highest BCUT2D eigenvalue weighted by atomic mass is 16.5. The van der Waals surface area contributed by atoms with Gasteiger partial charge in [0.05, 0.1) is 20.3 Å². The zero-order chi connectivity index (χ0) is 28.2. The molecule has 0 saturated heterocycles. The minimum Gasteiger partial charge on any atom is -0.497 e. The van der Waals surface area contributed by atoms with Crippen LogP contribution < -0.4 is 14.2 Å². The molecule has 7 heteroatoms. The van der Waals surface area contributed by atoms with Crippen molar-refractivity contribution in [2.24, 2.45) is 0 Å². The molecule has 0 fully saturated rings. The molecule has 3 rings (SSSR count). The van der Waals surface area contributed by atoms with E-state index in [0.717, 1.165) is 34.6 Å². The molecular weight excluding hydrogens is 492 g/mol. The van der Waals surface area contributed by atoms with Gasteiger partial charge in [-0.1, -0.05) is 50.8 Å². The van der Waals surface area contributed by atoms with Crippen LogP contribution in [0.15, 0.2) is 59.2 Å². The fourth-order valence-electron chi connectivity index (χ4n) is 4.42. The van der Waals surface area contributed by atoms with Crippen LogP contribution in [0.2, 0.25) is 0 Å². The predicted octanol–water partition coefficient (Wildman–Crippen LogP) is 6.28. The summed E-state index contributed by atoms with van der Waals surface area (Å²) in [6.45, 7) is 6.98. The minimum absolute atomic E-state index is 0.0244. The van der Waals surface area contributed by atoms with Crippen LogP contribution in [0, 0.1) is 11.3 Å². The predicted molar refractivity (Wildman–Crippen MR) is 152 cm³/mol. The Morgan fingerprint density at radius 1 is 0.923 bits per heavy atom. The molecule has 206 valence electrons. The van der Waals surface area contributed by atoms with Gasteiger partial charge in [0, 0.05) is 12.1 Å². The van der Waals surface area contributed by atoms with Crippen molar-refractivity contribution < 1.29 is 23.8 Å². The van der Waals surface area contributed by atoms with Gasteiger partial charge in [-0.05, 0) is 73.7 Å². The molecule has 0 spiro atoms. The van der Waals surface area contributed by atoms with Gasteiger partial charge in [-0.25, -0.2) is 0 Å². The number of methoxy groups -OCH3 is 1. The van der Waals surface area contributed by atoms with Gasteiger partial charge in [-0.15, -0.1) is 0 Å². The number of nitriles is 1. The van der Waals surface area contributed by atoms with Gasteiger partial charge < -0.3 is 14.2 Å². The van der Waals surface area contributed by atoms with Crippen LogP contribution in [0.3, 0.4) is 0 Å². The number of carbonyl (C=O) groups excluding carboxylic acids is 2. The molecule has 0 N–H and O–H groups in total. The zero-order valence-corrected chi connectivity index (χ0v) is 23.4. The van der Waals surface area contributed by atoms with Gasteiger partial charge in [-0.2, -0.15) is 5.26 Å². The van der Waals surface area contributed by atoms with Crippen molar-refractivity contribution in [3.8, 4) is 23.3 Å². The Morgan fingerprint density at radius 3 is 2.33 bits per heavy atom. The smallest absolute Gasteiger partial charge is 0.271 e. The minimum atomic E-state index is -0.566. The van der Waals surface area contributed by atoms with Gasteiger partial charge >= 0.3 is 0 Å². The van der Waals surface area contributed by atoms with Gasteiger partial charge in [0.2, 0.25) is 0 Å². The van der Waals surface area contributed by atoms with Crippen LogP contribution in [-0.4, -0.2) is 43.6 Å². The van der Waals surface area contributed by atoms with E-state index in [1.54, 1.807) is 20.1 Å². The van der Waals surface area contributed by atoms with Crippen molar-refractivity contribution >= 4 is 17.9 Å². The summed E-state index contributed by atoms with van der Waals surface area (Å²) in [5, 5.41) is 9.72. The van der Waals surface area contributed by atoms with E-state index in [-0.39, 0.29) is 12.1 Å². The first-order valence-corrected chi connectivity index (χ1v) is 13.6. The topological polar surface area (TPSA) is 88.9 Å². The maximum atomic E-state index is 13.5. The zero-order valence-electron chi connectivity index (χ0n) is 23.4. The van der Waals surface area contributed by atoms with Crippen molar-refractivity contribution in [1.29, 1.82) is 5.26 Å². The van der Waals surface area contributed by atoms with Crippen molar-refractivity contribution in [2.45, 2.75) is 59.3 Å². The van der Waals surface area contributed by atoms with Crippen LogP contribution in [0.1, 0.15) is 64.0 Å². The van der Waals surface area contributed by atoms with E-state index < -0.39 is 11.8 Å². The molecule has 1 aliphatic heterocycles. The lowest BCUT2D eigenvalue weighted by molar-refractivity contribution is -0.140. The van der Waals surface area contributed by atoms with Crippen LogP contribution in [0.5, 0.6) is 17.2 Å². The molecule has 0 unspecified atom stereocenters. The normalized spacial score (nSPS) is 14.5. The van der Waals surface area contributed by atoms with Gasteiger partial charge in [0.15, 0.2) is 11.5 Å². The summed E-state index contributed by atoms with van der Waals surface area (Å²) in [5.74, 6) is 0.997. The Balaban J connectivity index is 1.81. The molecule has 39 heavy (non-hydrogen) atoms. The quantitative estimate of drug-likeness (QED) is 0.162. The molecule has 0 atom stereocenters. The van der Waals surface area contributed by atoms with E-state index in [1.165, 1.54) is 19.3 Å². The standard InChI is InChI=1S/C32H38N2O5/c1-5-7-8-9-10-19-39-29-16-13-25(21-30(29)38-6-2)20-27-23(3)28(22-33)32(36)34(31(27)35)18-17-24-11-14-26(37-4)15-12-24/h11-16,20-21H,5-10,17-19H2,1-4H3/b27-20+. The Morgan fingerprint density at radius 2 is 1.67 bits per heavy atom. The third-order valence-electron chi connectivity index (χ3n) is 6.69. The molecule has 1 heterocycles. The molecule has 2 aromatic rings. The van der Waals surface area contributed by atoms with Crippen molar-refractivity contribution in [3.05, 3.63) is 70.3 Å². The first kappa shape index (κ1) is 29.5. The van der Waals surface area contributed by atoms with E-state index >= 15 is 0 Å². The summed E-state index contributed by atoms with van der Waals surface area (Å²) in [4.78, 5) is 27.6. The molecule has 2 aromatic carbocycles. The van der Waals surface area contributed by atoms with Crippen LogP contribution in [0.25, 0.3) is 6.08 Å². The number of nitrogens with zero attached hydrogens (tertiary/aromatic N) is 2. The molecule has 0 radical (unpaired) electrons. The third kappa shape index (κ3) is 7.73. The number of carbonyl (C=O) groups is 2. The van der Waals surface area contributed by atoms with Crippen LogP contribution in [0.4, 0.5) is 0 Å². The first-order valence-electron chi connectivity index (χ1n) is 13.6. The van der Waals surface area contributed by atoms with E-state index in [9.17, 15) is 14.9 Å². The fourth-order valence-corrected chi connectivity index (χ4v) is 4.42. The Kier molecular flexibility index (Phi) is 11.2. The molecule has 2 amide bonds. The maximum absolute atomic E-state index is 13.5. The number of hydrogen-bond donors (Lipinski definition) is 0.